The molecular formula is C14H22N2O. The molecule has 3 heteroatoms. The van der Waals surface area contributed by atoms with E-state index >= 15 is 0 Å². The fraction of sp³-hybridized carbons (Fsp3) is 0.500. The summed E-state index contributed by atoms with van der Waals surface area (Å²) in [5.74, 6) is 0.519. The topological polar surface area (TPSA) is 55.1 Å². The lowest BCUT2D eigenvalue weighted by Crippen LogP contribution is -2.28. The van der Waals surface area contributed by atoms with Crippen LogP contribution in [0.2, 0.25) is 0 Å². The number of nitrogens with two attached hydrogens (primary N) is 1. The highest BCUT2D eigenvalue weighted by molar-refractivity contribution is 5.76. The lowest BCUT2D eigenvalue weighted by Gasteiger charge is -2.17. The van der Waals surface area contributed by atoms with Crippen molar-refractivity contribution in [2.75, 3.05) is 5.73 Å². The van der Waals surface area contributed by atoms with Crippen LogP contribution in [0, 0.1) is 5.92 Å². The van der Waals surface area contributed by atoms with Crippen molar-refractivity contribution in [2.45, 2.75) is 39.7 Å². The molecule has 94 valence electrons. The molecule has 0 heterocycles. The summed E-state index contributed by atoms with van der Waals surface area (Å²) in [7, 11) is 0. The number of hydrogen-bond acceptors (Lipinski definition) is 2. The number of para-hydroxylation sites is 1. The van der Waals surface area contributed by atoms with Crippen LogP contribution in [0.15, 0.2) is 24.3 Å². The second-order valence-corrected chi connectivity index (χ2v) is 4.64. The molecule has 2 unspecified atom stereocenters. The van der Waals surface area contributed by atoms with Crippen molar-refractivity contribution >= 4 is 11.6 Å². The van der Waals surface area contributed by atoms with Crippen molar-refractivity contribution in [3.63, 3.8) is 0 Å². The molecule has 0 aliphatic carbocycles. The molecule has 0 saturated heterocycles. The Bertz CT molecular complexity index is 376. The van der Waals surface area contributed by atoms with Crippen LogP contribution in [0.4, 0.5) is 5.69 Å². The number of benzene rings is 1. The molecule has 1 amide bonds. The fourth-order valence-electron chi connectivity index (χ4n) is 1.74. The van der Waals surface area contributed by atoms with Gasteiger partial charge in [0.2, 0.25) is 5.91 Å². The van der Waals surface area contributed by atoms with E-state index in [1.807, 2.05) is 31.2 Å². The van der Waals surface area contributed by atoms with Gasteiger partial charge >= 0.3 is 0 Å². The Morgan fingerprint density at radius 3 is 2.59 bits per heavy atom. The average molecular weight is 234 g/mol. The summed E-state index contributed by atoms with van der Waals surface area (Å²) in [6.45, 7) is 6.14. The SMILES string of the molecule is CCC(C)CC(=O)NC(C)c1ccccc1N. The number of amides is 1. The Labute approximate surface area is 103 Å². The summed E-state index contributed by atoms with van der Waals surface area (Å²) >= 11 is 0. The van der Waals surface area contributed by atoms with E-state index in [4.69, 9.17) is 5.73 Å². The standard InChI is InChI=1S/C14H22N2O/c1-4-10(2)9-14(17)16-11(3)12-7-5-6-8-13(12)15/h5-8,10-11H,4,9,15H2,1-3H3,(H,16,17). The molecule has 3 nitrogen and oxygen atoms in total. The highest BCUT2D eigenvalue weighted by Crippen LogP contribution is 2.19. The molecule has 0 aliphatic rings. The highest BCUT2D eigenvalue weighted by Gasteiger charge is 2.13. The predicted octanol–water partition coefficient (Wildman–Crippen LogP) is 2.88. The molecule has 1 rings (SSSR count). The number of anilines is 1. The normalized spacial score (nSPS) is 14.1. The van der Waals surface area contributed by atoms with Crippen LogP contribution in [0.5, 0.6) is 0 Å². The van der Waals surface area contributed by atoms with Gasteiger partial charge in [0.1, 0.15) is 0 Å². The van der Waals surface area contributed by atoms with E-state index in [1.54, 1.807) is 0 Å². The molecule has 0 spiro atoms. The van der Waals surface area contributed by atoms with Crippen LogP contribution in [-0.2, 0) is 4.79 Å². The highest BCUT2D eigenvalue weighted by atomic mass is 16.1. The van der Waals surface area contributed by atoms with Gasteiger partial charge < -0.3 is 11.1 Å². The smallest absolute Gasteiger partial charge is 0.220 e. The maximum atomic E-state index is 11.8. The lowest BCUT2D eigenvalue weighted by molar-refractivity contribution is -0.122. The maximum absolute atomic E-state index is 11.8. The van der Waals surface area contributed by atoms with Crippen LogP contribution in [0.25, 0.3) is 0 Å². The minimum absolute atomic E-state index is 0.0345. The molecule has 0 bridgehead atoms. The molecule has 0 aromatic heterocycles. The van der Waals surface area contributed by atoms with Gasteiger partial charge in [0.05, 0.1) is 6.04 Å². The summed E-state index contributed by atoms with van der Waals surface area (Å²) < 4.78 is 0. The van der Waals surface area contributed by atoms with Crippen LogP contribution < -0.4 is 11.1 Å². The molecule has 0 radical (unpaired) electrons. The van der Waals surface area contributed by atoms with Gasteiger partial charge in [0.25, 0.3) is 0 Å². The van der Waals surface area contributed by atoms with Crippen LogP contribution >= 0.6 is 0 Å². The van der Waals surface area contributed by atoms with E-state index in [0.29, 0.717) is 12.3 Å². The molecule has 17 heavy (non-hydrogen) atoms. The molecule has 0 fully saturated rings. The largest absolute Gasteiger partial charge is 0.398 e. The summed E-state index contributed by atoms with van der Waals surface area (Å²) in [5, 5.41) is 2.98. The number of carbonyl (C=O) groups is 1. The fourth-order valence-corrected chi connectivity index (χ4v) is 1.74. The zero-order valence-electron chi connectivity index (χ0n) is 10.9. The summed E-state index contributed by atoms with van der Waals surface area (Å²) in [6.07, 6.45) is 1.60. The number of carbonyl (C=O) groups excluding carboxylic acids is 1. The second kappa shape index (κ2) is 6.28. The third-order valence-corrected chi connectivity index (χ3v) is 3.07. The second-order valence-electron chi connectivity index (χ2n) is 4.64. The van der Waals surface area contributed by atoms with Gasteiger partial charge in [-0.1, -0.05) is 38.5 Å². The Morgan fingerprint density at radius 1 is 1.35 bits per heavy atom. The van der Waals surface area contributed by atoms with Crippen molar-refractivity contribution in [1.29, 1.82) is 0 Å². The van der Waals surface area contributed by atoms with Gasteiger partial charge in [-0.3, -0.25) is 4.79 Å². The summed E-state index contributed by atoms with van der Waals surface area (Å²) in [6, 6.07) is 7.60. The Balaban J connectivity index is 2.58. The Morgan fingerprint density at radius 2 is 2.00 bits per heavy atom. The first kappa shape index (κ1) is 13.6. The minimum atomic E-state index is -0.0345. The molecule has 1 aromatic rings. The first-order valence-electron chi connectivity index (χ1n) is 6.18. The predicted molar refractivity (Wildman–Crippen MR) is 71.5 cm³/mol. The monoisotopic (exact) mass is 234 g/mol. The van der Waals surface area contributed by atoms with Crippen molar-refractivity contribution in [3.8, 4) is 0 Å². The van der Waals surface area contributed by atoms with Crippen molar-refractivity contribution in [2.24, 2.45) is 5.92 Å². The average Bonchev–Trinajstić information content (AvgIpc) is 2.29. The van der Waals surface area contributed by atoms with Crippen LogP contribution in [-0.4, -0.2) is 5.91 Å². The molecule has 0 saturated carbocycles. The van der Waals surface area contributed by atoms with E-state index in [0.717, 1.165) is 17.7 Å². The zero-order chi connectivity index (χ0) is 12.8. The minimum Gasteiger partial charge on any atom is -0.398 e. The molecule has 1 aromatic carbocycles. The number of nitrogen functional groups attached to an aromatic ring is 1. The quantitative estimate of drug-likeness (QED) is 0.770. The van der Waals surface area contributed by atoms with E-state index in [2.05, 4.69) is 19.2 Å². The van der Waals surface area contributed by atoms with E-state index in [1.165, 1.54) is 0 Å². The van der Waals surface area contributed by atoms with Crippen molar-refractivity contribution < 1.29 is 4.79 Å². The van der Waals surface area contributed by atoms with Gasteiger partial charge in [-0.25, -0.2) is 0 Å². The van der Waals surface area contributed by atoms with E-state index < -0.39 is 0 Å². The Kier molecular flexibility index (Phi) is 5.01. The van der Waals surface area contributed by atoms with Crippen molar-refractivity contribution in [1.82, 2.24) is 5.32 Å². The van der Waals surface area contributed by atoms with Gasteiger partial charge in [-0.15, -0.1) is 0 Å². The zero-order valence-corrected chi connectivity index (χ0v) is 10.9. The van der Waals surface area contributed by atoms with Crippen molar-refractivity contribution in [3.05, 3.63) is 29.8 Å². The number of hydrogen-bond donors (Lipinski definition) is 2. The first-order valence-corrected chi connectivity index (χ1v) is 6.18. The van der Waals surface area contributed by atoms with E-state index in [9.17, 15) is 4.79 Å². The van der Waals surface area contributed by atoms with E-state index in [-0.39, 0.29) is 11.9 Å². The summed E-state index contributed by atoms with van der Waals surface area (Å²) in [5.41, 5.74) is 7.58. The van der Waals surface area contributed by atoms with Gasteiger partial charge in [0, 0.05) is 12.1 Å². The lowest BCUT2D eigenvalue weighted by atomic mass is 10.0. The number of rotatable bonds is 5. The van der Waals surface area contributed by atoms with Gasteiger partial charge in [0.15, 0.2) is 0 Å². The van der Waals surface area contributed by atoms with Crippen LogP contribution in [0.3, 0.4) is 0 Å². The molecular weight excluding hydrogens is 212 g/mol. The Hall–Kier alpha value is -1.51. The molecule has 0 aliphatic heterocycles. The van der Waals surface area contributed by atoms with Gasteiger partial charge in [-0.05, 0) is 24.5 Å². The summed E-state index contributed by atoms with van der Waals surface area (Å²) in [4.78, 5) is 11.8. The third-order valence-electron chi connectivity index (χ3n) is 3.07. The first-order chi connectivity index (χ1) is 8.04. The van der Waals surface area contributed by atoms with Crippen LogP contribution in [0.1, 0.15) is 45.2 Å². The molecule has 2 atom stereocenters. The van der Waals surface area contributed by atoms with Gasteiger partial charge in [-0.2, -0.15) is 0 Å². The maximum Gasteiger partial charge on any atom is 0.220 e. The third kappa shape index (κ3) is 4.10. The number of nitrogens with one attached hydrogen (secondary N) is 1. The molecule has 3 N–H and O–H groups in total.